The Labute approximate surface area is 161 Å². The number of fused-ring (bicyclic) bond motifs is 2. The number of carbonyl (C=O) groups excluding carboxylic acids is 4. The lowest BCUT2D eigenvalue weighted by molar-refractivity contribution is -0.171. The summed E-state index contributed by atoms with van der Waals surface area (Å²) in [4.78, 5) is 56.2. The van der Waals surface area contributed by atoms with Gasteiger partial charge in [-0.1, -0.05) is 17.2 Å². The van der Waals surface area contributed by atoms with E-state index in [-0.39, 0.29) is 24.3 Å². The van der Waals surface area contributed by atoms with Crippen molar-refractivity contribution in [2.24, 2.45) is 5.92 Å². The van der Waals surface area contributed by atoms with Gasteiger partial charge in [0.1, 0.15) is 11.5 Å². The van der Waals surface area contributed by atoms with Gasteiger partial charge in [0.05, 0.1) is 29.9 Å². The van der Waals surface area contributed by atoms with Crippen LogP contribution in [-0.4, -0.2) is 64.7 Å². The topological polar surface area (TPSA) is 102 Å². The molecule has 3 amide bonds. The average Bonchev–Trinajstić information content (AvgIpc) is 3.33. The van der Waals surface area contributed by atoms with Crippen molar-refractivity contribution in [3.05, 3.63) is 35.4 Å². The summed E-state index contributed by atoms with van der Waals surface area (Å²) in [6.07, 6.45) is -1.08. The highest BCUT2D eigenvalue weighted by Gasteiger charge is 2.64. The Hall–Kier alpha value is -2.94. The largest absolute Gasteiger partial charge is 0.444 e. The number of nitrogens with zero attached hydrogens (tertiary/aromatic N) is 2. The maximum Gasteiger partial charge on any atom is 0.410 e. The molecule has 9 heteroatoms. The van der Waals surface area contributed by atoms with Crippen molar-refractivity contribution in [1.82, 2.24) is 9.96 Å². The van der Waals surface area contributed by atoms with E-state index >= 15 is 0 Å². The monoisotopic (exact) mass is 388 g/mol. The molecule has 3 unspecified atom stereocenters. The molecule has 1 saturated heterocycles. The molecule has 3 aliphatic rings. The van der Waals surface area contributed by atoms with Crippen LogP contribution < -0.4 is 0 Å². The zero-order valence-corrected chi connectivity index (χ0v) is 15.7. The molecule has 1 aliphatic carbocycles. The number of hydrogen-bond acceptors (Lipinski definition) is 7. The van der Waals surface area contributed by atoms with Gasteiger partial charge in [-0.2, -0.15) is 0 Å². The number of morpholine rings is 1. The molecule has 1 aromatic carbocycles. The van der Waals surface area contributed by atoms with Crippen LogP contribution >= 0.6 is 0 Å². The minimum absolute atomic E-state index is 0.181. The molecule has 148 valence electrons. The smallest absolute Gasteiger partial charge is 0.410 e. The van der Waals surface area contributed by atoms with Gasteiger partial charge in [-0.05, 0) is 32.9 Å². The van der Waals surface area contributed by atoms with Crippen molar-refractivity contribution in [3.8, 4) is 0 Å². The third kappa shape index (κ3) is 3.01. The Morgan fingerprint density at radius 2 is 1.71 bits per heavy atom. The second-order valence-electron chi connectivity index (χ2n) is 7.89. The molecule has 0 radical (unpaired) electrons. The van der Waals surface area contributed by atoms with Crippen molar-refractivity contribution in [1.29, 1.82) is 0 Å². The molecule has 1 aromatic rings. The predicted octanol–water partition coefficient (Wildman–Crippen LogP) is 1.38. The fourth-order valence-corrected chi connectivity index (χ4v) is 3.49. The van der Waals surface area contributed by atoms with Crippen LogP contribution in [0.4, 0.5) is 4.79 Å². The van der Waals surface area contributed by atoms with Crippen molar-refractivity contribution in [2.45, 2.75) is 38.5 Å². The second-order valence-corrected chi connectivity index (χ2v) is 7.89. The highest BCUT2D eigenvalue weighted by Crippen LogP contribution is 2.43. The van der Waals surface area contributed by atoms with E-state index in [9.17, 15) is 19.2 Å². The summed E-state index contributed by atoms with van der Waals surface area (Å²) in [7, 11) is 0. The van der Waals surface area contributed by atoms with Gasteiger partial charge >= 0.3 is 12.1 Å². The standard InChI is InChI=1S/C19H20N2O7/c1-19(2,3)27-18(25)20-8-9-26-14-12(13(14)20)17(24)28-21-15(22)10-6-4-5-7-11(10)16(21)23/h4-7,12-14H,8-9H2,1-3H3. The molecule has 1 saturated carbocycles. The van der Waals surface area contributed by atoms with Crippen molar-refractivity contribution < 1.29 is 33.5 Å². The molecule has 2 aliphatic heterocycles. The van der Waals surface area contributed by atoms with Gasteiger partial charge in [-0.3, -0.25) is 14.5 Å². The molecule has 2 heterocycles. The number of carbonyl (C=O) groups is 4. The Morgan fingerprint density at radius 3 is 2.29 bits per heavy atom. The zero-order valence-electron chi connectivity index (χ0n) is 15.7. The Morgan fingerprint density at radius 1 is 1.11 bits per heavy atom. The van der Waals surface area contributed by atoms with Crippen LogP contribution in [0.5, 0.6) is 0 Å². The normalized spacial score (nSPS) is 25.9. The average molecular weight is 388 g/mol. The number of rotatable bonds is 2. The van der Waals surface area contributed by atoms with Crippen molar-refractivity contribution in [3.63, 3.8) is 0 Å². The Bertz CT molecular complexity index is 840. The quantitative estimate of drug-likeness (QED) is 0.705. The van der Waals surface area contributed by atoms with Crippen LogP contribution in [0.15, 0.2) is 24.3 Å². The number of imide groups is 1. The Balaban J connectivity index is 1.45. The first-order valence-electron chi connectivity index (χ1n) is 9.00. The minimum atomic E-state index is -0.792. The van der Waals surface area contributed by atoms with Gasteiger partial charge in [-0.15, -0.1) is 0 Å². The number of amides is 3. The minimum Gasteiger partial charge on any atom is -0.444 e. The number of ether oxygens (including phenoxy) is 2. The number of benzene rings is 1. The van der Waals surface area contributed by atoms with Gasteiger partial charge in [0, 0.05) is 6.54 Å². The Kier molecular flexibility index (Phi) is 4.15. The molecule has 0 N–H and O–H groups in total. The van der Waals surface area contributed by atoms with Crippen molar-refractivity contribution in [2.75, 3.05) is 13.2 Å². The number of hydrogen-bond donors (Lipinski definition) is 0. The molecule has 0 bridgehead atoms. The van der Waals surface area contributed by atoms with Crippen LogP contribution in [0.25, 0.3) is 0 Å². The first kappa shape index (κ1) is 18.4. The van der Waals surface area contributed by atoms with Gasteiger partial charge in [0.2, 0.25) is 0 Å². The van der Waals surface area contributed by atoms with Crippen LogP contribution in [-0.2, 0) is 19.1 Å². The van der Waals surface area contributed by atoms with Gasteiger partial charge in [-0.25, -0.2) is 9.59 Å². The lowest BCUT2D eigenvalue weighted by Crippen LogP contribution is -2.44. The van der Waals surface area contributed by atoms with Gasteiger partial charge < -0.3 is 14.3 Å². The van der Waals surface area contributed by atoms with E-state index in [2.05, 4.69) is 0 Å². The van der Waals surface area contributed by atoms with Crippen LogP contribution in [0.2, 0.25) is 0 Å². The summed E-state index contributed by atoms with van der Waals surface area (Å²) in [6, 6.07) is 5.70. The number of hydroxylamine groups is 2. The first-order chi connectivity index (χ1) is 13.2. The molecule has 0 spiro atoms. The summed E-state index contributed by atoms with van der Waals surface area (Å²) >= 11 is 0. The fourth-order valence-electron chi connectivity index (χ4n) is 3.49. The van der Waals surface area contributed by atoms with E-state index in [1.807, 2.05) is 0 Å². The lowest BCUT2D eigenvalue weighted by atomic mass is 10.1. The van der Waals surface area contributed by atoms with E-state index in [1.54, 1.807) is 32.9 Å². The summed E-state index contributed by atoms with van der Waals surface area (Å²) in [5.41, 5.74) is -0.309. The third-order valence-electron chi connectivity index (χ3n) is 4.76. The molecule has 3 atom stereocenters. The lowest BCUT2D eigenvalue weighted by Gasteiger charge is -2.29. The molecule has 2 fully saturated rings. The summed E-state index contributed by atoms with van der Waals surface area (Å²) < 4.78 is 10.9. The summed E-state index contributed by atoms with van der Waals surface area (Å²) in [6.45, 7) is 5.81. The fraction of sp³-hybridized carbons (Fsp3) is 0.474. The summed E-state index contributed by atoms with van der Waals surface area (Å²) in [5.74, 6) is -2.95. The molecule has 28 heavy (non-hydrogen) atoms. The van der Waals surface area contributed by atoms with E-state index in [0.717, 1.165) is 0 Å². The van der Waals surface area contributed by atoms with Crippen molar-refractivity contribution >= 4 is 23.9 Å². The zero-order chi connectivity index (χ0) is 20.2. The van der Waals surface area contributed by atoms with Crippen LogP contribution in [0.1, 0.15) is 41.5 Å². The molecular formula is C19H20N2O7. The van der Waals surface area contributed by atoms with E-state index in [4.69, 9.17) is 14.3 Å². The first-order valence-corrected chi connectivity index (χ1v) is 9.00. The highest BCUT2D eigenvalue weighted by molar-refractivity contribution is 6.20. The third-order valence-corrected chi connectivity index (χ3v) is 4.76. The predicted molar refractivity (Wildman–Crippen MR) is 93.0 cm³/mol. The summed E-state index contributed by atoms with van der Waals surface area (Å²) in [5, 5.41) is 0.467. The van der Waals surface area contributed by atoms with E-state index in [0.29, 0.717) is 5.06 Å². The van der Waals surface area contributed by atoms with E-state index < -0.39 is 47.5 Å². The van der Waals surface area contributed by atoms with E-state index in [1.165, 1.54) is 17.0 Å². The van der Waals surface area contributed by atoms with Gasteiger partial charge in [0.25, 0.3) is 11.8 Å². The van der Waals surface area contributed by atoms with Crippen LogP contribution in [0, 0.1) is 5.92 Å². The second kappa shape index (κ2) is 6.30. The maximum absolute atomic E-state index is 12.6. The molecule has 0 aromatic heterocycles. The van der Waals surface area contributed by atoms with Crippen LogP contribution in [0.3, 0.4) is 0 Å². The molecular weight excluding hydrogens is 368 g/mol. The maximum atomic E-state index is 12.6. The SMILES string of the molecule is CC(C)(C)OC(=O)N1CCOC2C(C(=O)ON3C(=O)c4ccccc4C3=O)C21. The molecule has 4 rings (SSSR count). The van der Waals surface area contributed by atoms with Gasteiger partial charge in [0.15, 0.2) is 0 Å². The molecule has 9 nitrogen and oxygen atoms in total. The highest BCUT2D eigenvalue weighted by atomic mass is 16.7.